The molecule has 0 bridgehead atoms. The van der Waals surface area contributed by atoms with Crippen LogP contribution in [-0.4, -0.2) is 10.9 Å². The third kappa shape index (κ3) is 2.92. The first-order valence-electron chi connectivity index (χ1n) is 7.46. The molecule has 3 nitrogen and oxygen atoms in total. The summed E-state index contributed by atoms with van der Waals surface area (Å²) in [5.74, 6) is 0.679. The molecule has 0 aliphatic carbocycles. The molecule has 0 amide bonds. The zero-order valence-electron chi connectivity index (χ0n) is 13.0. The Kier molecular flexibility index (Phi) is 4.30. The van der Waals surface area contributed by atoms with Crippen LogP contribution in [0.25, 0.3) is 11.1 Å². The minimum absolute atomic E-state index is 0.0417. The van der Waals surface area contributed by atoms with Crippen LogP contribution < -0.4 is 0 Å². The highest BCUT2D eigenvalue weighted by atomic mass is 35.5. The van der Waals surface area contributed by atoms with E-state index in [1.54, 1.807) is 24.3 Å². The van der Waals surface area contributed by atoms with Crippen molar-refractivity contribution in [3.05, 3.63) is 76.1 Å². The first-order valence-corrected chi connectivity index (χ1v) is 7.84. The Bertz CT molecular complexity index is 850. The van der Waals surface area contributed by atoms with Gasteiger partial charge in [0.1, 0.15) is 5.76 Å². The third-order valence-electron chi connectivity index (χ3n) is 3.82. The molecule has 0 N–H and O–H groups in total. The molecule has 0 aliphatic rings. The van der Waals surface area contributed by atoms with Crippen molar-refractivity contribution in [1.29, 1.82) is 0 Å². The van der Waals surface area contributed by atoms with Crippen molar-refractivity contribution in [3.63, 3.8) is 0 Å². The van der Waals surface area contributed by atoms with Gasteiger partial charge >= 0.3 is 0 Å². The van der Waals surface area contributed by atoms with Crippen molar-refractivity contribution >= 4 is 17.4 Å². The molecule has 0 unspecified atom stereocenters. The predicted octanol–water partition coefficient (Wildman–Crippen LogP) is 5.10. The topological polar surface area (TPSA) is 43.1 Å². The summed E-state index contributed by atoms with van der Waals surface area (Å²) in [5.41, 5.74) is 3.86. The maximum absolute atomic E-state index is 12.9. The number of hydrogen-bond acceptors (Lipinski definition) is 3. The van der Waals surface area contributed by atoms with Gasteiger partial charge in [0, 0.05) is 21.7 Å². The zero-order chi connectivity index (χ0) is 16.4. The molecule has 4 heteroatoms. The van der Waals surface area contributed by atoms with Crippen LogP contribution in [0.4, 0.5) is 0 Å². The van der Waals surface area contributed by atoms with Gasteiger partial charge in [-0.05, 0) is 43.2 Å². The van der Waals surface area contributed by atoms with Crippen LogP contribution in [0.1, 0.15) is 34.3 Å². The molecule has 116 valence electrons. The Labute approximate surface area is 139 Å². The van der Waals surface area contributed by atoms with Crippen LogP contribution in [0.2, 0.25) is 5.02 Å². The van der Waals surface area contributed by atoms with Crippen molar-refractivity contribution in [2.45, 2.75) is 20.3 Å². The number of rotatable bonds is 4. The van der Waals surface area contributed by atoms with Gasteiger partial charge in [0.2, 0.25) is 0 Å². The normalized spacial score (nSPS) is 10.7. The molecule has 0 spiro atoms. The van der Waals surface area contributed by atoms with E-state index < -0.39 is 0 Å². The van der Waals surface area contributed by atoms with E-state index in [1.807, 2.05) is 38.1 Å². The number of ketones is 1. The molecule has 2 aromatic carbocycles. The molecule has 0 aliphatic heterocycles. The molecular weight excluding hydrogens is 310 g/mol. The molecule has 0 radical (unpaired) electrons. The maximum Gasteiger partial charge on any atom is 0.193 e. The highest BCUT2D eigenvalue weighted by Crippen LogP contribution is 2.31. The monoisotopic (exact) mass is 325 g/mol. The van der Waals surface area contributed by atoms with Gasteiger partial charge in [-0.1, -0.05) is 47.9 Å². The van der Waals surface area contributed by atoms with E-state index in [1.165, 1.54) is 0 Å². The summed E-state index contributed by atoms with van der Waals surface area (Å²) in [6.07, 6.45) is 0.746. The van der Waals surface area contributed by atoms with Gasteiger partial charge in [-0.2, -0.15) is 0 Å². The number of carbonyl (C=O) groups is 1. The van der Waals surface area contributed by atoms with Crippen LogP contribution in [-0.2, 0) is 6.42 Å². The molecule has 3 rings (SSSR count). The quantitative estimate of drug-likeness (QED) is 0.627. The average molecular weight is 326 g/mol. The summed E-state index contributed by atoms with van der Waals surface area (Å²) in [5, 5.41) is 4.70. The summed E-state index contributed by atoms with van der Waals surface area (Å²) in [7, 11) is 0. The highest BCUT2D eigenvalue weighted by molar-refractivity contribution is 6.30. The SMILES string of the molecule is CCc1noc(C)c1-c1ccccc1C(=O)c1ccc(Cl)cc1. The van der Waals surface area contributed by atoms with Crippen LogP contribution in [0.3, 0.4) is 0 Å². The van der Waals surface area contributed by atoms with Crippen molar-refractivity contribution in [3.8, 4) is 11.1 Å². The van der Waals surface area contributed by atoms with Crippen LogP contribution in [0.15, 0.2) is 53.1 Å². The Hall–Kier alpha value is -2.39. The molecule has 0 atom stereocenters. The lowest BCUT2D eigenvalue weighted by atomic mass is 9.92. The summed E-state index contributed by atoms with van der Waals surface area (Å²) in [4.78, 5) is 12.9. The van der Waals surface area contributed by atoms with Crippen LogP contribution >= 0.6 is 11.6 Å². The molecule has 0 saturated carbocycles. The third-order valence-corrected chi connectivity index (χ3v) is 4.07. The Morgan fingerprint density at radius 2 is 1.83 bits per heavy atom. The van der Waals surface area contributed by atoms with E-state index in [9.17, 15) is 4.79 Å². The van der Waals surface area contributed by atoms with Gasteiger partial charge in [0.15, 0.2) is 5.78 Å². The van der Waals surface area contributed by atoms with E-state index in [2.05, 4.69) is 5.16 Å². The first kappa shape index (κ1) is 15.5. The van der Waals surface area contributed by atoms with Gasteiger partial charge in [0.05, 0.1) is 5.69 Å². The van der Waals surface area contributed by atoms with E-state index in [0.29, 0.717) is 16.1 Å². The Balaban J connectivity index is 2.13. The van der Waals surface area contributed by atoms with Gasteiger partial charge in [-0.15, -0.1) is 0 Å². The second-order valence-electron chi connectivity index (χ2n) is 5.30. The fourth-order valence-corrected chi connectivity index (χ4v) is 2.79. The molecule has 1 heterocycles. The highest BCUT2D eigenvalue weighted by Gasteiger charge is 2.20. The van der Waals surface area contributed by atoms with Crippen LogP contribution in [0, 0.1) is 6.92 Å². The molecule has 0 saturated heterocycles. The van der Waals surface area contributed by atoms with Crippen molar-refractivity contribution in [2.24, 2.45) is 0 Å². The second-order valence-corrected chi connectivity index (χ2v) is 5.73. The van der Waals surface area contributed by atoms with Gasteiger partial charge in [-0.25, -0.2) is 0 Å². The lowest BCUT2D eigenvalue weighted by Gasteiger charge is -2.09. The Morgan fingerprint density at radius 1 is 1.13 bits per heavy atom. The van der Waals surface area contributed by atoms with E-state index in [4.69, 9.17) is 16.1 Å². The van der Waals surface area contributed by atoms with Crippen molar-refractivity contribution in [2.75, 3.05) is 0 Å². The fourth-order valence-electron chi connectivity index (χ4n) is 2.66. The first-order chi connectivity index (χ1) is 11.1. The van der Waals surface area contributed by atoms with Gasteiger partial charge < -0.3 is 4.52 Å². The van der Waals surface area contributed by atoms with Gasteiger partial charge in [0.25, 0.3) is 0 Å². The van der Waals surface area contributed by atoms with Crippen molar-refractivity contribution in [1.82, 2.24) is 5.16 Å². The number of halogens is 1. The molecule has 1 aromatic heterocycles. The minimum Gasteiger partial charge on any atom is -0.361 e. The fraction of sp³-hybridized carbons (Fsp3) is 0.158. The lowest BCUT2D eigenvalue weighted by Crippen LogP contribution is -2.04. The summed E-state index contributed by atoms with van der Waals surface area (Å²) < 4.78 is 5.32. The maximum atomic E-state index is 12.9. The van der Waals surface area contributed by atoms with Crippen LogP contribution in [0.5, 0.6) is 0 Å². The number of hydrogen-bond donors (Lipinski definition) is 0. The average Bonchev–Trinajstić information content (AvgIpc) is 2.95. The molecule has 0 fully saturated rings. The number of aromatic nitrogens is 1. The zero-order valence-corrected chi connectivity index (χ0v) is 13.7. The summed E-state index contributed by atoms with van der Waals surface area (Å²) in [6.45, 7) is 3.88. The van der Waals surface area contributed by atoms with Gasteiger partial charge in [-0.3, -0.25) is 4.79 Å². The number of carbonyl (C=O) groups excluding carboxylic acids is 1. The number of benzene rings is 2. The number of aryl methyl sites for hydroxylation is 2. The minimum atomic E-state index is -0.0417. The molecule has 3 aromatic rings. The van der Waals surface area contributed by atoms with E-state index >= 15 is 0 Å². The second kappa shape index (κ2) is 6.39. The largest absolute Gasteiger partial charge is 0.361 e. The predicted molar refractivity (Wildman–Crippen MR) is 90.9 cm³/mol. The van der Waals surface area contributed by atoms with E-state index in [-0.39, 0.29) is 5.78 Å². The lowest BCUT2D eigenvalue weighted by molar-refractivity contribution is 0.103. The van der Waals surface area contributed by atoms with Crippen molar-refractivity contribution < 1.29 is 9.32 Å². The number of nitrogens with zero attached hydrogens (tertiary/aromatic N) is 1. The summed E-state index contributed by atoms with van der Waals surface area (Å²) >= 11 is 5.90. The van der Waals surface area contributed by atoms with E-state index in [0.717, 1.165) is 29.0 Å². The standard InChI is InChI=1S/C19H16ClNO2/c1-3-17-18(12(2)23-21-17)15-6-4-5-7-16(15)19(22)13-8-10-14(20)11-9-13/h4-11H,3H2,1-2H3. The molecular formula is C19H16ClNO2. The summed E-state index contributed by atoms with van der Waals surface area (Å²) in [6, 6.07) is 14.5. The molecule has 23 heavy (non-hydrogen) atoms. The Morgan fingerprint density at radius 3 is 2.52 bits per heavy atom. The smallest absolute Gasteiger partial charge is 0.193 e.